The van der Waals surface area contributed by atoms with Gasteiger partial charge in [-0.25, -0.2) is 4.98 Å². The summed E-state index contributed by atoms with van der Waals surface area (Å²) in [5.74, 6) is -0.0801. The number of rotatable bonds is 0. The second-order valence-electron chi connectivity index (χ2n) is 3.01. The van der Waals surface area contributed by atoms with Gasteiger partial charge in [-0.1, -0.05) is 0 Å². The van der Waals surface area contributed by atoms with E-state index in [-0.39, 0.29) is 16.8 Å². The Morgan fingerprint density at radius 2 is 1.93 bits per heavy atom. The maximum absolute atomic E-state index is 12.7. The number of alkyl halides is 2. The fraction of sp³-hybridized carbons (Fsp3) is 0.125. The summed E-state index contributed by atoms with van der Waals surface area (Å²) in [5.41, 5.74) is 0.958. The molecule has 2 heterocycles. The fourth-order valence-corrected chi connectivity index (χ4v) is 1.62. The quantitative estimate of drug-likeness (QED) is 0.759. The van der Waals surface area contributed by atoms with Crippen LogP contribution in [0.1, 0.15) is 0 Å². The zero-order valence-electron chi connectivity index (χ0n) is 7.05. The minimum atomic E-state index is -3.61. The van der Waals surface area contributed by atoms with Gasteiger partial charge < -0.3 is 14.5 Å². The molecule has 0 fully saturated rings. The highest BCUT2D eigenvalue weighted by Crippen LogP contribution is 2.42. The third kappa shape index (κ3) is 1.29. The van der Waals surface area contributed by atoms with Gasteiger partial charge in [0.15, 0.2) is 11.5 Å². The van der Waals surface area contributed by atoms with Gasteiger partial charge in [-0.05, 0) is 11.6 Å². The lowest BCUT2D eigenvalue weighted by atomic mass is 10.3. The van der Waals surface area contributed by atoms with Gasteiger partial charge in [0, 0.05) is 12.1 Å². The van der Waals surface area contributed by atoms with Gasteiger partial charge in [0.1, 0.15) is 0 Å². The number of ether oxygens (including phenoxy) is 2. The first kappa shape index (κ1) is 8.72. The first-order chi connectivity index (χ1) is 7.03. The molecule has 0 saturated carbocycles. The van der Waals surface area contributed by atoms with E-state index in [0.29, 0.717) is 11.0 Å². The predicted molar refractivity (Wildman–Crippen MR) is 47.3 cm³/mol. The van der Waals surface area contributed by atoms with Crippen LogP contribution in [0.4, 0.5) is 8.78 Å². The Labute approximate surface area is 86.8 Å². The summed E-state index contributed by atoms with van der Waals surface area (Å²) in [5, 5.41) is 0.181. The second-order valence-corrected chi connectivity index (χ2v) is 3.37. The summed E-state index contributed by atoms with van der Waals surface area (Å²) in [7, 11) is 0. The van der Waals surface area contributed by atoms with Crippen molar-refractivity contribution in [1.29, 1.82) is 0 Å². The average Bonchev–Trinajstić information content (AvgIpc) is 2.55. The van der Waals surface area contributed by atoms with Gasteiger partial charge in [0.25, 0.3) is 0 Å². The topological polar surface area (TPSA) is 47.1 Å². The molecule has 0 radical (unpaired) electrons. The van der Waals surface area contributed by atoms with Crippen molar-refractivity contribution in [2.24, 2.45) is 0 Å². The van der Waals surface area contributed by atoms with Crippen molar-refractivity contribution in [1.82, 2.24) is 9.97 Å². The van der Waals surface area contributed by atoms with E-state index >= 15 is 0 Å². The number of hydrogen-bond acceptors (Lipinski definition) is 3. The number of nitrogens with one attached hydrogen (secondary N) is 1. The first-order valence-electron chi connectivity index (χ1n) is 3.99. The zero-order chi connectivity index (χ0) is 10.6. The van der Waals surface area contributed by atoms with Crippen molar-refractivity contribution in [2.75, 3.05) is 0 Å². The number of benzene rings is 1. The van der Waals surface area contributed by atoms with Crippen LogP contribution in [0.2, 0.25) is 5.28 Å². The highest BCUT2D eigenvalue weighted by molar-refractivity contribution is 6.29. The molecule has 4 nitrogen and oxygen atoms in total. The third-order valence-corrected chi connectivity index (χ3v) is 2.16. The summed E-state index contributed by atoms with van der Waals surface area (Å²) < 4.78 is 33.9. The molecule has 0 amide bonds. The van der Waals surface area contributed by atoms with Crippen molar-refractivity contribution in [3.63, 3.8) is 0 Å². The van der Waals surface area contributed by atoms with Crippen molar-refractivity contribution in [3.8, 4) is 11.5 Å². The minimum Gasteiger partial charge on any atom is -0.395 e. The molecule has 0 unspecified atom stereocenters. The molecular formula is C8H3ClF2N2O2. The molecular weight excluding hydrogens is 230 g/mol. The van der Waals surface area contributed by atoms with Crippen LogP contribution in [-0.4, -0.2) is 16.3 Å². The molecule has 1 aliphatic heterocycles. The smallest absolute Gasteiger partial charge is 0.395 e. The number of aromatic amines is 1. The van der Waals surface area contributed by atoms with Gasteiger partial charge >= 0.3 is 6.29 Å². The summed E-state index contributed by atoms with van der Waals surface area (Å²) in [6.07, 6.45) is -3.61. The molecule has 1 N–H and O–H groups in total. The number of fused-ring (bicyclic) bond motifs is 2. The monoisotopic (exact) mass is 232 g/mol. The first-order valence-corrected chi connectivity index (χ1v) is 4.36. The highest BCUT2D eigenvalue weighted by Gasteiger charge is 2.43. The summed E-state index contributed by atoms with van der Waals surface area (Å²) >= 11 is 5.61. The van der Waals surface area contributed by atoms with Gasteiger partial charge in [-0.3, -0.25) is 0 Å². The molecule has 0 saturated heterocycles. The number of aromatic nitrogens is 2. The molecule has 1 aromatic heterocycles. The van der Waals surface area contributed by atoms with Crippen molar-refractivity contribution < 1.29 is 18.3 Å². The highest BCUT2D eigenvalue weighted by atomic mass is 35.5. The summed E-state index contributed by atoms with van der Waals surface area (Å²) in [6, 6.07) is 2.71. The van der Waals surface area contributed by atoms with Crippen LogP contribution in [0, 0.1) is 0 Å². The lowest BCUT2D eigenvalue weighted by Crippen LogP contribution is -2.25. The van der Waals surface area contributed by atoms with E-state index in [9.17, 15) is 8.78 Å². The summed E-state index contributed by atoms with van der Waals surface area (Å²) in [4.78, 5) is 6.56. The molecule has 0 aliphatic carbocycles. The Balaban J connectivity index is 2.21. The molecule has 0 spiro atoms. The molecule has 7 heteroatoms. The van der Waals surface area contributed by atoms with Crippen LogP contribution in [0.3, 0.4) is 0 Å². The van der Waals surface area contributed by atoms with Crippen LogP contribution in [-0.2, 0) is 0 Å². The van der Waals surface area contributed by atoms with Crippen LogP contribution in [0.5, 0.6) is 11.5 Å². The molecule has 78 valence electrons. The molecule has 0 bridgehead atoms. The normalized spacial score (nSPS) is 17.3. The number of halogens is 3. The Bertz CT molecular complexity index is 510. The Morgan fingerprint density at radius 1 is 1.27 bits per heavy atom. The van der Waals surface area contributed by atoms with Crippen molar-refractivity contribution in [3.05, 3.63) is 17.4 Å². The average molecular weight is 233 g/mol. The van der Waals surface area contributed by atoms with Crippen LogP contribution in [0.25, 0.3) is 11.0 Å². The Hall–Kier alpha value is -1.56. The maximum atomic E-state index is 12.7. The fourth-order valence-electron chi connectivity index (χ4n) is 1.42. The number of H-pyrrole nitrogens is 1. The van der Waals surface area contributed by atoms with Gasteiger partial charge in [-0.2, -0.15) is 0 Å². The van der Waals surface area contributed by atoms with Crippen LogP contribution >= 0.6 is 11.6 Å². The Morgan fingerprint density at radius 3 is 2.67 bits per heavy atom. The minimum absolute atomic E-state index is 0.0344. The van der Waals surface area contributed by atoms with Crippen molar-refractivity contribution in [2.45, 2.75) is 6.29 Å². The van der Waals surface area contributed by atoms with E-state index in [1.54, 1.807) is 0 Å². The van der Waals surface area contributed by atoms with Gasteiger partial charge in [0.05, 0.1) is 11.0 Å². The van der Waals surface area contributed by atoms with Crippen LogP contribution in [0.15, 0.2) is 12.1 Å². The maximum Gasteiger partial charge on any atom is 0.586 e. The van der Waals surface area contributed by atoms with E-state index in [2.05, 4.69) is 19.4 Å². The number of nitrogens with zero attached hydrogens (tertiary/aromatic N) is 1. The van der Waals surface area contributed by atoms with Crippen molar-refractivity contribution >= 4 is 22.6 Å². The van der Waals surface area contributed by atoms with E-state index in [1.807, 2.05) is 0 Å². The number of hydrogen-bond donors (Lipinski definition) is 1. The lowest BCUT2D eigenvalue weighted by Gasteiger charge is -2.04. The van der Waals surface area contributed by atoms with Gasteiger partial charge in [0.2, 0.25) is 5.28 Å². The molecule has 15 heavy (non-hydrogen) atoms. The third-order valence-electron chi connectivity index (χ3n) is 1.98. The molecule has 1 aliphatic rings. The van der Waals surface area contributed by atoms with E-state index in [0.717, 1.165) is 0 Å². The summed E-state index contributed by atoms with van der Waals surface area (Å²) in [6.45, 7) is 0. The SMILES string of the molecule is FC1(F)Oc2cc3nc(Cl)[nH]c3cc2O1. The second kappa shape index (κ2) is 2.52. The van der Waals surface area contributed by atoms with Crippen LogP contribution < -0.4 is 9.47 Å². The molecule has 0 atom stereocenters. The standard InChI is InChI=1S/C8H3ClF2N2O2/c9-7-12-3-1-5-6(2-4(3)13-7)15-8(10,11)14-5/h1-2H,(H,12,13). The number of imidazole rings is 1. The molecule has 2 aromatic rings. The van der Waals surface area contributed by atoms with E-state index in [4.69, 9.17) is 11.6 Å². The van der Waals surface area contributed by atoms with E-state index in [1.165, 1.54) is 12.1 Å². The lowest BCUT2D eigenvalue weighted by molar-refractivity contribution is -0.286. The van der Waals surface area contributed by atoms with Gasteiger partial charge in [-0.15, -0.1) is 8.78 Å². The zero-order valence-corrected chi connectivity index (χ0v) is 7.81. The molecule has 1 aromatic carbocycles. The largest absolute Gasteiger partial charge is 0.586 e. The Kier molecular flexibility index (Phi) is 1.46. The predicted octanol–water partition coefficient (Wildman–Crippen LogP) is 2.54. The van der Waals surface area contributed by atoms with E-state index < -0.39 is 6.29 Å². The molecule has 3 rings (SSSR count).